The predicted octanol–water partition coefficient (Wildman–Crippen LogP) is 3.26. The highest BCUT2D eigenvalue weighted by atomic mass is 32.2. The van der Waals surface area contributed by atoms with Gasteiger partial charge in [0, 0.05) is 24.0 Å². The lowest BCUT2D eigenvalue weighted by atomic mass is 10.2. The first-order chi connectivity index (χ1) is 16.7. The fourth-order valence-electron chi connectivity index (χ4n) is 3.39. The molecule has 0 saturated carbocycles. The molecule has 1 aliphatic heterocycles. The largest absolute Gasteiger partial charge is 0.486 e. The lowest BCUT2D eigenvalue weighted by Gasteiger charge is -2.12. The molecule has 1 aliphatic rings. The molecule has 3 heterocycles. The molecular formula is C22H22FN3O7S2. The summed E-state index contributed by atoms with van der Waals surface area (Å²) in [4.78, 5) is 22.4. The lowest BCUT2D eigenvalue weighted by Crippen LogP contribution is -2.10. The average molecular weight is 524 g/mol. The second-order valence-electron chi connectivity index (χ2n) is 7.70. The highest BCUT2D eigenvalue weighted by Crippen LogP contribution is 2.39. The minimum absolute atomic E-state index is 0.0119. The molecule has 1 atom stereocenters. The number of thioether (sulfide) groups is 1. The van der Waals surface area contributed by atoms with E-state index in [-0.39, 0.29) is 47.2 Å². The Morgan fingerprint density at radius 2 is 2.11 bits per heavy atom. The Hall–Kier alpha value is -3.16. The number of fused-ring (bicyclic) bond motifs is 1. The molecule has 0 saturated heterocycles. The topological polar surface area (TPSA) is 140 Å². The van der Waals surface area contributed by atoms with Crippen molar-refractivity contribution in [3.05, 3.63) is 42.0 Å². The van der Waals surface area contributed by atoms with Gasteiger partial charge in [-0.1, -0.05) is 11.8 Å². The summed E-state index contributed by atoms with van der Waals surface area (Å²) in [5, 5.41) is 9.93. The van der Waals surface area contributed by atoms with Crippen molar-refractivity contribution >= 4 is 43.5 Å². The normalized spacial score (nSPS) is 15.9. The Kier molecular flexibility index (Phi) is 7.28. The average Bonchev–Trinajstić information content (AvgIpc) is 3.42. The summed E-state index contributed by atoms with van der Waals surface area (Å²) in [7, 11) is -1.99. The number of methoxy groups -OCH3 is 1. The molecule has 4 rings (SSSR count). The highest BCUT2D eigenvalue weighted by molar-refractivity contribution is 8.15. The van der Waals surface area contributed by atoms with Crippen molar-refractivity contribution in [1.82, 2.24) is 9.97 Å². The molecule has 186 valence electrons. The van der Waals surface area contributed by atoms with Gasteiger partial charge >= 0.3 is 5.97 Å². The van der Waals surface area contributed by atoms with Crippen LogP contribution in [0.3, 0.4) is 0 Å². The summed E-state index contributed by atoms with van der Waals surface area (Å²) in [6.07, 6.45) is 2.22. The van der Waals surface area contributed by atoms with Crippen LogP contribution in [0.5, 0.6) is 17.2 Å². The number of sulfone groups is 1. The van der Waals surface area contributed by atoms with Crippen LogP contribution >= 0.6 is 11.8 Å². The molecule has 35 heavy (non-hydrogen) atoms. The Bertz CT molecular complexity index is 1390. The number of nitrogens with one attached hydrogen (secondary N) is 1. The predicted molar refractivity (Wildman–Crippen MR) is 128 cm³/mol. The third-order valence-corrected chi connectivity index (χ3v) is 7.20. The Morgan fingerprint density at radius 1 is 1.31 bits per heavy atom. The van der Waals surface area contributed by atoms with E-state index < -0.39 is 21.6 Å². The third kappa shape index (κ3) is 5.74. The van der Waals surface area contributed by atoms with Crippen LogP contribution in [-0.4, -0.2) is 72.9 Å². The van der Waals surface area contributed by atoms with Gasteiger partial charge in [-0.15, -0.1) is 0 Å². The van der Waals surface area contributed by atoms with Crippen molar-refractivity contribution in [3.8, 4) is 17.2 Å². The van der Waals surface area contributed by atoms with E-state index in [1.165, 1.54) is 43.3 Å². The number of carboxylic acids is 1. The molecule has 1 unspecified atom stereocenters. The van der Waals surface area contributed by atoms with Crippen molar-refractivity contribution < 1.29 is 36.9 Å². The molecule has 3 aromatic rings. The van der Waals surface area contributed by atoms with Gasteiger partial charge < -0.3 is 24.3 Å². The zero-order chi connectivity index (χ0) is 25.2. The van der Waals surface area contributed by atoms with E-state index in [1.54, 1.807) is 6.07 Å². The molecule has 1 aromatic carbocycles. The molecule has 0 amide bonds. The van der Waals surface area contributed by atoms with Gasteiger partial charge in [-0.2, -0.15) is 4.39 Å². The second kappa shape index (κ2) is 10.2. The van der Waals surface area contributed by atoms with Crippen molar-refractivity contribution in [2.24, 2.45) is 4.99 Å². The summed E-state index contributed by atoms with van der Waals surface area (Å²) < 4.78 is 55.0. The molecule has 10 nitrogen and oxygen atoms in total. The van der Waals surface area contributed by atoms with Crippen LogP contribution in [0.15, 0.2) is 40.5 Å². The van der Waals surface area contributed by atoms with Crippen LogP contribution in [0.1, 0.15) is 12.1 Å². The number of carboxylic acid groups (broad SMARTS) is 1. The molecular weight excluding hydrogens is 501 g/mol. The first-order valence-electron chi connectivity index (χ1n) is 10.4. The Balaban J connectivity index is 1.68. The smallest absolute Gasteiger partial charge is 0.304 e. The van der Waals surface area contributed by atoms with E-state index in [4.69, 9.17) is 19.3 Å². The zero-order valence-corrected chi connectivity index (χ0v) is 20.4. The molecule has 2 aromatic heterocycles. The summed E-state index contributed by atoms with van der Waals surface area (Å²) in [6.45, 7) is 0.690. The number of aromatic amines is 1. The van der Waals surface area contributed by atoms with E-state index in [9.17, 15) is 13.2 Å². The first kappa shape index (κ1) is 24.9. The second-order valence-corrected chi connectivity index (χ2v) is 10.9. The highest BCUT2D eigenvalue weighted by Gasteiger charge is 2.26. The van der Waals surface area contributed by atoms with Gasteiger partial charge in [-0.3, -0.25) is 9.79 Å². The number of halogens is 1. The molecule has 0 aliphatic carbocycles. The number of aliphatic imine (C=N–C) groups is 1. The number of ether oxygens (including phenoxy) is 3. The third-order valence-electron chi connectivity index (χ3n) is 4.98. The van der Waals surface area contributed by atoms with Gasteiger partial charge in [0.25, 0.3) is 0 Å². The maximum absolute atomic E-state index is 15.4. The molecule has 2 N–H and O–H groups in total. The van der Waals surface area contributed by atoms with E-state index in [2.05, 4.69) is 15.0 Å². The van der Waals surface area contributed by atoms with Crippen molar-refractivity contribution in [1.29, 1.82) is 0 Å². The van der Waals surface area contributed by atoms with Crippen LogP contribution in [0.25, 0.3) is 10.9 Å². The molecule has 0 spiro atoms. The monoisotopic (exact) mass is 523 g/mol. The van der Waals surface area contributed by atoms with Gasteiger partial charge in [0.2, 0.25) is 5.82 Å². The van der Waals surface area contributed by atoms with Crippen LogP contribution in [-0.2, 0) is 19.4 Å². The number of rotatable bonds is 10. The number of hydrogen-bond acceptors (Lipinski definition) is 9. The van der Waals surface area contributed by atoms with E-state index in [0.29, 0.717) is 28.2 Å². The van der Waals surface area contributed by atoms with Gasteiger partial charge in [0.1, 0.15) is 17.4 Å². The van der Waals surface area contributed by atoms with Crippen LogP contribution in [0.4, 0.5) is 4.39 Å². The van der Waals surface area contributed by atoms with Crippen molar-refractivity contribution in [2.45, 2.75) is 16.7 Å². The van der Waals surface area contributed by atoms with Crippen LogP contribution in [0, 0.1) is 5.82 Å². The van der Waals surface area contributed by atoms with E-state index in [0.717, 1.165) is 6.26 Å². The number of aromatic nitrogens is 2. The number of nitrogens with zero attached hydrogens (tertiary/aromatic N) is 2. The summed E-state index contributed by atoms with van der Waals surface area (Å²) in [5.74, 6) is -1.74. The van der Waals surface area contributed by atoms with Gasteiger partial charge in [-0.05, 0) is 24.3 Å². The van der Waals surface area contributed by atoms with Gasteiger partial charge in [-0.25, -0.2) is 13.4 Å². The van der Waals surface area contributed by atoms with Gasteiger partial charge in [0.05, 0.1) is 37.0 Å². The van der Waals surface area contributed by atoms with E-state index >= 15 is 4.39 Å². The van der Waals surface area contributed by atoms with Crippen LogP contribution in [0.2, 0.25) is 0 Å². The molecule has 0 fully saturated rings. The standard InChI is InChI=1S/C22H22FN3O7S2/c1-31-5-6-32-21-19(23)16(33-13-3-4-17(24-10-13)35(2,29)30)8-12-7-15(26-20(12)21)22-25-11-14(34-22)9-18(27)28/h3-4,7-8,10,14,26H,5-6,9,11H2,1-2H3,(H,27,28). The summed E-state index contributed by atoms with van der Waals surface area (Å²) in [6, 6.07) is 5.89. The fourth-order valence-corrected chi connectivity index (χ4v) is 5.03. The number of carbonyl (C=O) groups is 1. The maximum atomic E-state index is 15.4. The number of benzene rings is 1. The zero-order valence-electron chi connectivity index (χ0n) is 18.8. The van der Waals surface area contributed by atoms with Crippen LogP contribution < -0.4 is 9.47 Å². The molecule has 0 bridgehead atoms. The van der Waals surface area contributed by atoms with Crippen molar-refractivity contribution in [2.75, 3.05) is 33.1 Å². The number of hydrogen-bond donors (Lipinski definition) is 2. The van der Waals surface area contributed by atoms with Gasteiger partial charge in [0.15, 0.2) is 26.4 Å². The Labute approximate surface area is 204 Å². The van der Waals surface area contributed by atoms with E-state index in [1.807, 2.05) is 0 Å². The minimum Gasteiger partial charge on any atom is -0.486 e. The van der Waals surface area contributed by atoms with Crippen molar-refractivity contribution in [3.63, 3.8) is 0 Å². The SMILES string of the molecule is COCCOc1c(F)c(Oc2ccc(S(C)(=O)=O)nc2)cc2cc(C3=NCC(CC(=O)O)S3)[nH]c12. The maximum Gasteiger partial charge on any atom is 0.304 e. The summed E-state index contributed by atoms with van der Waals surface area (Å²) in [5.41, 5.74) is 0.988. The Morgan fingerprint density at radius 3 is 2.77 bits per heavy atom. The minimum atomic E-state index is -3.49. The summed E-state index contributed by atoms with van der Waals surface area (Å²) >= 11 is 1.34. The lowest BCUT2D eigenvalue weighted by molar-refractivity contribution is -0.136. The number of pyridine rings is 1. The molecule has 13 heteroatoms. The first-order valence-corrected chi connectivity index (χ1v) is 13.2. The quantitative estimate of drug-likeness (QED) is 0.383. The number of aliphatic carboxylic acids is 1. The fraction of sp³-hybridized carbons (Fsp3) is 0.318. The molecule has 0 radical (unpaired) electrons. The number of H-pyrrole nitrogens is 1.